The summed E-state index contributed by atoms with van der Waals surface area (Å²) < 4.78 is 25.3. The van der Waals surface area contributed by atoms with E-state index < -0.39 is 15.6 Å². The molecule has 1 fully saturated rings. The smallest absolute Gasteiger partial charge is 0.214 e. The molecular weight excluding hydrogens is 240 g/mol. The summed E-state index contributed by atoms with van der Waals surface area (Å²) >= 11 is 0. The van der Waals surface area contributed by atoms with E-state index in [1.54, 1.807) is 6.92 Å². The van der Waals surface area contributed by atoms with Crippen LogP contribution in [0.3, 0.4) is 0 Å². The van der Waals surface area contributed by atoms with Crippen molar-refractivity contribution in [2.24, 2.45) is 0 Å². The summed E-state index contributed by atoms with van der Waals surface area (Å²) in [6.07, 6.45) is 1.13. The van der Waals surface area contributed by atoms with Crippen LogP contribution < -0.4 is 5.32 Å². The molecule has 0 aromatic rings. The SMILES string of the molecule is CC(C)NCCCS(=O)(=O)N1CCC(C)(O)C1. The predicted molar refractivity (Wildman–Crippen MR) is 68.4 cm³/mol. The van der Waals surface area contributed by atoms with Crippen LogP contribution in [-0.4, -0.2) is 54.9 Å². The van der Waals surface area contributed by atoms with Crippen LogP contribution in [-0.2, 0) is 10.0 Å². The summed E-state index contributed by atoms with van der Waals surface area (Å²) in [5.41, 5.74) is -0.858. The zero-order chi connectivity index (χ0) is 13.1. The summed E-state index contributed by atoms with van der Waals surface area (Å²) in [5.74, 6) is 0.156. The number of sulfonamides is 1. The van der Waals surface area contributed by atoms with Gasteiger partial charge in [0.15, 0.2) is 0 Å². The Bertz CT molecular complexity index is 339. The third-order valence-corrected chi connectivity index (χ3v) is 4.84. The normalized spacial score (nSPS) is 26.9. The number of hydrogen-bond donors (Lipinski definition) is 2. The predicted octanol–water partition coefficient (Wildman–Crippen LogP) is 0.161. The van der Waals surface area contributed by atoms with Crippen molar-refractivity contribution in [2.75, 3.05) is 25.4 Å². The van der Waals surface area contributed by atoms with E-state index in [0.29, 0.717) is 32.0 Å². The van der Waals surface area contributed by atoms with E-state index in [0.717, 1.165) is 0 Å². The van der Waals surface area contributed by atoms with Crippen molar-refractivity contribution in [3.63, 3.8) is 0 Å². The maximum Gasteiger partial charge on any atom is 0.214 e. The summed E-state index contributed by atoms with van der Waals surface area (Å²) in [4.78, 5) is 0. The van der Waals surface area contributed by atoms with Gasteiger partial charge in [-0.05, 0) is 26.3 Å². The van der Waals surface area contributed by atoms with E-state index in [1.807, 2.05) is 13.8 Å². The fraction of sp³-hybridized carbons (Fsp3) is 1.00. The molecule has 0 aromatic carbocycles. The summed E-state index contributed by atoms with van der Waals surface area (Å²) in [6.45, 7) is 7.13. The third-order valence-electron chi connectivity index (χ3n) is 2.94. The molecule has 0 amide bonds. The zero-order valence-corrected chi connectivity index (χ0v) is 11.8. The molecule has 1 aliphatic heterocycles. The van der Waals surface area contributed by atoms with Crippen molar-refractivity contribution in [2.45, 2.75) is 45.3 Å². The van der Waals surface area contributed by atoms with Gasteiger partial charge in [0.1, 0.15) is 0 Å². The Balaban J connectivity index is 2.37. The quantitative estimate of drug-likeness (QED) is 0.671. The van der Waals surface area contributed by atoms with E-state index in [9.17, 15) is 13.5 Å². The number of rotatable bonds is 6. The highest BCUT2D eigenvalue weighted by molar-refractivity contribution is 7.89. The topological polar surface area (TPSA) is 69.6 Å². The van der Waals surface area contributed by atoms with Gasteiger partial charge in [0.2, 0.25) is 10.0 Å². The summed E-state index contributed by atoms with van der Waals surface area (Å²) in [5, 5.41) is 12.9. The molecule has 0 aromatic heterocycles. The van der Waals surface area contributed by atoms with E-state index in [-0.39, 0.29) is 12.3 Å². The lowest BCUT2D eigenvalue weighted by atomic mass is 10.1. The van der Waals surface area contributed by atoms with Gasteiger partial charge < -0.3 is 10.4 Å². The molecule has 6 heteroatoms. The first kappa shape index (κ1) is 14.9. The fourth-order valence-corrected chi connectivity index (χ4v) is 3.53. The molecule has 5 nitrogen and oxygen atoms in total. The molecule has 0 bridgehead atoms. The highest BCUT2D eigenvalue weighted by Gasteiger charge is 2.37. The Hall–Kier alpha value is -0.170. The molecule has 1 atom stereocenters. The van der Waals surface area contributed by atoms with Crippen molar-refractivity contribution >= 4 is 10.0 Å². The van der Waals surface area contributed by atoms with Gasteiger partial charge in [0.05, 0.1) is 11.4 Å². The zero-order valence-electron chi connectivity index (χ0n) is 10.9. The van der Waals surface area contributed by atoms with Crippen molar-refractivity contribution in [3.05, 3.63) is 0 Å². The Morgan fingerprint density at radius 2 is 2.12 bits per heavy atom. The Kier molecular flexibility index (Phi) is 4.95. The molecule has 102 valence electrons. The van der Waals surface area contributed by atoms with Crippen LogP contribution in [0.5, 0.6) is 0 Å². The minimum atomic E-state index is -3.20. The number of nitrogens with zero attached hydrogens (tertiary/aromatic N) is 1. The minimum absolute atomic E-state index is 0.156. The lowest BCUT2D eigenvalue weighted by molar-refractivity contribution is 0.0762. The van der Waals surface area contributed by atoms with Crippen LogP contribution in [0.1, 0.15) is 33.6 Å². The van der Waals surface area contributed by atoms with Crippen LogP contribution >= 0.6 is 0 Å². The van der Waals surface area contributed by atoms with Crippen LogP contribution in [0.25, 0.3) is 0 Å². The third kappa shape index (κ3) is 4.91. The molecule has 17 heavy (non-hydrogen) atoms. The largest absolute Gasteiger partial charge is 0.389 e. The minimum Gasteiger partial charge on any atom is -0.389 e. The lowest BCUT2D eigenvalue weighted by Gasteiger charge is -2.19. The Morgan fingerprint density at radius 3 is 2.59 bits per heavy atom. The highest BCUT2D eigenvalue weighted by Crippen LogP contribution is 2.23. The Labute approximate surface area is 104 Å². The highest BCUT2D eigenvalue weighted by atomic mass is 32.2. The van der Waals surface area contributed by atoms with Crippen molar-refractivity contribution < 1.29 is 13.5 Å². The standard InChI is InChI=1S/C11H24N2O3S/c1-10(2)12-6-4-8-17(15,16)13-7-5-11(3,14)9-13/h10,12,14H,4-9H2,1-3H3. The van der Waals surface area contributed by atoms with Gasteiger partial charge in [-0.15, -0.1) is 0 Å². The van der Waals surface area contributed by atoms with Crippen molar-refractivity contribution in [1.29, 1.82) is 0 Å². The van der Waals surface area contributed by atoms with Gasteiger partial charge in [-0.3, -0.25) is 0 Å². The molecular formula is C11H24N2O3S. The van der Waals surface area contributed by atoms with Crippen LogP contribution in [0.15, 0.2) is 0 Å². The fourth-order valence-electron chi connectivity index (χ4n) is 1.92. The molecule has 0 spiro atoms. The van der Waals surface area contributed by atoms with Gasteiger partial charge in [-0.1, -0.05) is 13.8 Å². The molecule has 1 aliphatic rings. The monoisotopic (exact) mass is 264 g/mol. The maximum atomic E-state index is 12.0. The van der Waals surface area contributed by atoms with Crippen LogP contribution in [0.4, 0.5) is 0 Å². The second kappa shape index (κ2) is 5.65. The number of aliphatic hydroxyl groups is 1. The Morgan fingerprint density at radius 1 is 1.47 bits per heavy atom. The van der Waals surface area contributed by atoms with Gasteiger partial charge in [0, 0.05) is 19.1 Å². The van der Waals surface area contributed by atoms with Crippen LogP contribution in [0, 0.1) is 0 Å². The average Bonchev–Trinajstić information content (AvgIpc) is 2.54. The van der Waals surface area contributed by atoms with Crippen molar-refractivity contribution in [3.8, 4) is 0 Å². The average molecular weight is 264 g/mol. The number of nitrogens with one attached hydrogen (secondary N) is 1. The number of β-amino-alcohol motifs (C(OH)–C–C–N with tert-alkyl or cyclic N) is 1. The van der Waals surface area contributed by atoms with E-state index in [4.69, 9.17) is 0 Å². The molecule has 0 saturated carbocycles. The molecule has 0 radical (unpaired) electrons. The molecule has 1 rings (SSSR count). The first-order valence-electron chi connectivity index (χ1n) is 6.16. The van der Waals surface area contributed by atoms with Crippen LogP contribution in [0.2, 0.25) is 0 Å². The lowest BCUT2D eigenvalue weighted by Crippen LogP contribution is -2.36. The van der Waals surface area contributed by atoms with E-state index in [2.05, 4.69) is 5.32 Å². The van der Waals surface area contributed by atoms with E-state index in [1.165, 1.54) is 4.31 Å². The van der Waals surface area contributed by atoms with E-state index >= 15 is 0 Å². The second-order valence-corrected chi connectivity index (χ2v) is 7.45. The van der Waals surface area contributed by atoms with Gasteiger partial charge in [0.25, 0.3) is 0 Å². The summed E-state index contributed by atoms with van der Waals surface area (Å²) in [6, 6.07) is 0.380. The first-order chi connectivity index (χ1) is 7.73. The summed E-state index contributed by atoms with van der Waals surface area (Å²) in [7, 11) is -3.20. The first-order valence-corrected chi connectivity index (χ1v) is 7.77. The molecule has 1 heterocycles. The molecule has 0 aliphatic carbocycles. The molecule has 1 unspecified atom stereocenters. The van der Waals surface area contributed by atoms with Gasteiger partial charge in [-0.2, -0.15) is 4.31 Å². The maximum absolute atomic E-state index is 12.0. The van der Waals surface area contributed by atoms with Gasteiger partial charge in [-0.25, -0.2) is 8.42 Å². The molecule has 1 saturated heterocycles. The van der Waals surface area contributed by atoms with Crippen molar-refractivity contribution in [1.82, 2.24) is 9.62 Å². The second-order valence-electron chi connectivity index (χ2n) is 5.36. The molecule has 2 N–H and O–H groups in total. The van der Waals surface area contributed by atoms with Gasteiger partial charge >= 0.3 is 0 Å². The number of hydrogen-bond acceptors (Lipinski definition) is 4.